The topological polar surface area (TPSA) is 29.1 Å². The Bertz CT molecular complexity index is 821. The van der Waals surface area contributed by atoms with Crippen molar-refractivity contribution >= 4 is 5.78 Å². The van der Waals surface area contributed by atoms with Gasteiger partial charge in [0.2, 0.25) is 0 Å². The summed E-state index contributed by atoms with van der Waals surface area (Å²) in [5.41, 5.74) is 4.12. The van der Waals surface area contributed by atoms with Crippen molar-refractivity contribution in [2.24, 2.45) is 5.41 Å². The predicted molar refractivity (Wildman–Crippen MR) is 111 cm³/mol. The number of hydrogen-bond acceptors (Lipinski definition) is 2. The second-order valence-electron chi connectivity index (χ2n) is 8.72. The lowest BCUT2D eigenvalue weighted by molar-refractivity contribution is 0.0904. The Balaban J connectivity index is 1.36. The van der Waals surface area contributed by atoms with E-state index in [0.717, 1.165) is 19.3 Å². The lowest BCUT2D eigenvalue weighted by Crippen LogP contribution is -2.46. The summed E-state index contributed by atoms with van der Waals surface area (Å²) in [6.45, 7) is 2.04. The zero-order valence-electron chi connectivity index (χ0n) is 16.7. The molecular weight excluding hydrogens is 349 g/mol. The maximum Gasteiger partial charge on any atom is 0.179 e. The molecule has 0 aromatic heterocycles. The van der Waals surface area contributed by atoms with Gasteiger partial charge in [-0.25, -0.2) is 4.39 Å². The summed E-state index contributed by atoms with van der Waals surface area (Å²) in [5.74, 6) is -0.224. The van der Waals surface area contributed by atoms with Crippen LogP contribution in [0.3, 0.4) is 0 Å². The highest BCUT2D eigenvalue weighted by atomic mass is 19.1. The number of nitrogens with one attached hydrogen (secondary N) is 1. The van der Waals surface area contributed by atoms with Gasteiger partial charge >= 0.3 is 0 Å². The molecule has 0 radical (unpaired) electrons. The van der Waals surface area contributed by atoms with Crippen LogP contribution in [0.1, 0.15) is 66.9 Å². The van der Waals surface area contributed by atoms with Gasteiger partial charge in [0, 0.05) is 11.6 Å². The molecule has 3 heteroatoms. The molecule has 2 aromatic carbocycles. The molecule has 1 saturated carbocycles. The molecule has 0 amide bonds. The fourth-order valence-corrected chi connectivity index (χ4v) is 5.17. The van der Waals surface area contributed by atoms with Crippen molar-refractivity contribution in [2.45, 2.75) is 70.4 Å². The molecule has 0 saturated heterocycles. The molecule has 1 fully saturated rings. The van der Waals surface area contributed by atoms with E-state index in [4.69, 9.17) is 0 Å². The van der Waals surface area contributed by atoms with Gasteiger partial charge < -0.3 is 5.32 Å². The first-order valence-corrected chi connectivity index (χ1v) is 10.7. The fourth-order valence-electron chi connectivity index (χ4n) is 5.17. The predicted octanol–water partition coefficient (Wildman–Crippen LogP) is 5.49. The van der Waals surface area contributed by atoms with Crippen molar-refractivity contribution in [1.29, 1.82) is 0 Å². The van der Waals surface area contributed by atoms with Crippen LogP contribution in [0.4, 0.5) is 4.39 Å². The molecule has 2 aliphatic rings. The second-order valence-corrected chi connectivity index (χ2v) is 8.72. The molecule has 28 heavy (non-hydrogen) atoms. The van der Waals surface area contributed by atoms with E-state index >= 15 is 0 Å². The van der Waals surface area contributed by atoms with Crippen molar-refractivity contribution in [1.82, 2.24) is 5.32 Å². The number of carbonyl (C=O) groups excluding carboxylic acids is 1. The Kier molecular flexibility index (Phi) is 5.63. The molecule has 0 bridgehead atoms. The molecule has 0 aliphatic heterocycles. The fraction of sp³-hybridized carbons (Fsp3) is 0.480. The number of ketones is 1. The normalized spacial score (nSPS) is 25.3. The van der Waals surface area contributed by atoms with Crippen LogP contribution in [0, 0.1) is 11.2 Å². The average molecular weight is 380 g/mol. The first kappa shape index (κ1) is 19.3. The van der Waals surface area contributed by atoms with E-state index in [1.54, 1.807) is 12.1 Å². The van der Waals surface area contributed by atoms with Gasteiger partial charge in [-0.2, -0.15) is 0 Å². The van der Waals surface area contributed by atoms with Crippen molar-refractivity contribution < 1.29 is 9.18 Å². The van der Waals surface area contributed by atoms with Gasteiger partial charge in [-0.05, 0) is 92.2 Å². The first-order chi connectivity index (χ1) is 13.6. The van der Waals surface area contributed by atoms with Gasteiger partial charge in [-0.3, -0.25) is 4.79 Å². The minimum atomic E-state index is -0.302. The number of fused-ring (bicyclic) bond motifs is 1. The smallest absolute Gasteiger partial charge is 0.179 e. The number of aryl methyl sites for hydroxylation is 1. The quantitative estimate of drug-likeness (QED) is 0.696. The summed E-state index contributed by atoms with van der Waals surface area (Å²) < 4.78 is 13.1. The second kappa shape index (κ2) is 8.16. The van der Waals surface area contributed by atoms with Crippen LogP contribution < -0.4 is 5.32 Å². The van der Waals surface area contributed by atoms with E-state index in [1.165, 1.54) is 55.4 Å². The Morgan fingerprint density at radius 1 is 1.07 bits per heavy atom. The molecular formula is C25H30FNO. The van der Waals surface area contributed by atoms with Crippen molar-refractivity contribution in [3.63, 3.8) is 0 Å². The van der Waals surface area contributed by atoms with E-state index in [1.807, 2.05) is 6.92 Å². The molecule has 0 heterocycles. The number of hydrogen-bond donors (Lipinski definition) is 1. The Morgan fingerprint density at radius 2 is 1.75 bits per heavy atom. The first-order valence-electron chi connectivity index (χ1n) is 10.7. The highest BCUT2D eigenvalue weighted by molar-refractivity contribution is 6.00. The van der Waals surface area contributed by atoms with Crippen LogP contribution in [0.25, 0.3) is 0 Å². The van der Waals surface area contributed by atoms with Crippen LogP contribution in [-0.2, 0) is 12.8 Å². The molecule has 1 unspecified atom stereocenters. The number of Topliss-reactive ketones (excluding diaryl/α,β-unsaturated/α-hetero) is 1. The minimum Gasteiger partial charge on any atom is -0.304 e. The van der Waals surface area contributed by atoms with E-state index in [2.05, 4.69) is 29.6 Å². The van der Waals surface area contributed by atoms with Crippen LogP contribution in [0.2, 0.25) is 0 Å². The molecule has 1 spiro atoms. The zero-order chi connectivity index (χ0) is 19.6. The Labute approximate surface area is 167 Å². The van der Waals surface area contributed by atoms with Crippen LogP contribution in [0.15, 0.2) is 48.5 Å². The molecule has 2 aromatic rings. The van der Waals surface area contributed by atoms with Gasteiger partial charge in [-0.15, -0.1) is 0 Å². The summed E-state index contributed by atoms with van der Waals surface area (Å²) >= 11 is 0. The molecule has 2 aliphatic carbocycles. The number of benzene rings is 2. The van der Waals surface area contributed by atoms with E-state index < -0.39 is 0 Å². The van der Waals surface area contributed by atoms with Crippen molar-refractivity contribution in [2.75, 3.05) is 0 Å². The molecule has 148 valence electrons. The minimum absolute atomic E-state index is 0.0781. The summed E-state index contributed by atoms with van der Waals surface area (Å²) in [6, 6.07) is 15.0. The molecule has 1 N–H and O–H groups in total. The SMILES string of the molecule is CCC(NC1CCC2(CCc3ccccc3C2)CC1)C(=O)c1ccc(F)cc1. The molecule has 1 atom stereocenters. The standard InChI is InChI=1S/C25H30FNO/c1-2-23(24(28)19-7-9-21(26)10-8-19)27-22-12-15-25(16-13-22)14-11-18-5-3-4-6-20(18)17-25/h3-10,22-23,27H,2,11-17H2,1H3. The van der Waals surface area contributed by atoms with Crippen LogP contribution in [-0.4, -0.2) is 17.9 Å². The van der Waals surface area contributed by atoms with Crippen LogP contribution >= 0.6 is 0 Å². The summed E-state index contributed by atoms with van der Waals surface area (Å²) in [4.78, 5) is 12.8. The van der Waals surface area contributed by atoms with E-state index in [9.17, 15) is 9.18 Å². The third kappa shape index (κ3) is 4.05. The van der Waals surface area contributed by atoms with Gasteiger partial charge in [0.15, 0.2) is 5.78 Å². The third-order valence-corrected chi connectivity index (χ3v) is 6.95. The van der Waals surface area contributed by atoms with Gasteiger partial charge in [0.1, 0.15) is 5.82 Å². The van der Waals surface area contributed by atoms with E-state index in [-0.39, 0.29) is 17.6 Å². The molecule has 2 nitrogen and oxygen atoms in total. The largest absolute Gasteiger partial charge is 0.304 e. The maximum absolute atomic E-state index is 13.1. The highest BCUT2D eigenvalue weighted by Gasteiger charge is 2.38. The lowest BCUT2D eigenvalue weighted by Gasteiger charge is -2.44. The molecule has 4 rings (SSSR count). The highest BCUT2D eigenvalue weighted by Crippen LogP contribution is 2.46. The lowest BCUT2D eigenvalue weighted by atomic mass is 9.63. The monoisotopic (exact) mass is 379 g/mol. The van der Waals surface area contributed by atoms with E-state index in [0.29, 0.717) is 17.0 Å². The van der Waals surface area contributed by atoms with Gasteiger partial charge in [-0.1, -0.05) is 31.2 Å². The number of halogens is 1. The van der Waals surface area contributed by atoms with Crippen molar-refractivity contribution in [3.05, 3.63) is 71.0 Å². The summed E-state index contributed by atoms with van der Waals surface area (Å²) in [7, 11) is 0. The Morgan fingerprint density at radius 3 is 2.43 bits per heavy atom. The Hall–Kier alpha value is -2.00. The average Bonchev–Trinajstić information content (AvgIpc) is 2.73. The van der Waals surface area contributed by atoms with Gasteiger partial charge in [0.05, 0.1) is 6.04 Å². The summed E-state index contributed by atoms with van der Waals surface area (Å²) in [6.07, 6.45) is 9.20. The zero-order valence-corrected chi connectivity index (χ0v) is 16.7. The summed E-state index contributed by atoms with van der Waals surface area (Å²) in [5, 5.41) is 3.62. The number of carbonyl (C=O) groups is 1. The number of rotatable bonds is 5. The third-order valence-electron chi connectivity index (χ3n) is 6.95. The van der Waals surface area contributed by atoms with Gasteiger partial charge in [0.25, 0.3) is 0 Å². The maximum atomic E-state index is 13.1. The van der Waals surface area contributed by atoms with Crippen molar-refractivity contribution in [3.8, 4) is 0 Å². The van der Waals surface area contributed by atoms with Crippen LogP contribution in [0.5, 0.6) is 0 Å².